The number of hydrogen-bond donors (Lipinski definition) is 0. The molecule has 6 nitrogen and oxygen atoms in total. The number of pyridine rings is 1. The third kappa shape index (κ3) is 4.77. The van der Waals surface area contributed by atoms with E-state index in [2.05, 4.69) is 9.97 Å². The fourth-order valence-corrected chi connectivity index (χ4v) is 3.12. The van der Waals surface area contributed by atoms with Crippen molar-refractivity contribution in [3.63, 3.8) is 0 Å². The molecule has 1 atom stereocenters. The van der Waals surface area contributed by atoms with Crippen LogP contribution in [0.25, 0.3) is 10.6 Å². The van der Waals surface area contributed by atoms with Gasteiger partial charge in [0, 0.05) is 23.5 Å². The molecule has 2 aromatic heterocycles. The molecule has 138 valence electrons. The quantitative estimate of drug-likeness (QED) is 0.599. The van der Waals surface area contributed by atoms with E-state index in [1.165, 1.54) is 17.5 Å². The van der Waals surface area contributed by atoms with Crippen molar-refractivity contribution in [1.29, 1.82) is 0 Å². The average Bonchev–Trinajstić information content (AvgIpc) is 3.17. The summed E-state index contributed by atoms with van der Waals surface area (Å²) in [6, 6.07) is 12.4. The monoisotopic (exact) mass is 382 g/mol. The summed E-state index contributed by atoms with van der Waals surface area (Å²) >= 11 is 1.18. The van der Waals surface area contributed by atoms with E-state index in [0.29, 0.717) is 15.4 Å². The molecular formula is C20H18N2O4S. The van der Waals surface area contributed by atoms with Gasteiger partial charge in [-0.15, -0.1) is 11.3 Å². The van der Waals surface area contributed by atoms with Gasteiger partial charge in [-0.25, -0.2) is 14.6 Å². The van der Waals surface area contributed by atoms with Crippen molar-refractivity contribution in [3.8, 4) is 10.6 Å². The second-order valence-corrected chi connectivity index (χ2v) is 6.98. The first-order valence-electron chi connectivity index (χ1n) is 8.37. The van der Waals surface area contributed by atoms with Crippen LogP contribution in [0.5, 0.6) is 0 Å². The minimum Gasteiger partial charge on any atom is -0.460 e. The van der Waals surface area contributed by atoms with E-state index in [0.717, 1.165) is 5.56 Å². The van der Waals surface area contributed by atoms with Crippen LogP contribution in [0.15, 0.2) is 61.1 Å². The topological polar surface area (TPSA) is 78.4 Å². The van der Waals surface area contributed by atoms with Crippen LogP contribution in [0.2, 0.25) is 0 Å². The number of benzene rings is 1. The second kappa shape index (κ2) is 8.55. The molecule has 1 unspecified atom stereocenters. The highest BCUT2D eigenvalue weighted by atomic mass is 32.1. The maximum Gasteiger partial charge on any atom is 0.352 e. The van der Waals surface area contributed by atoms with Gasteiger partial charge in [-0.3, -0.25) is 4.98 Å². The maximum atomic E-state index is 12.6. The maximum absolute atomic E-state index is 12.6. The number of esters is 2. The highest BCUT2D eigenvalue weighted by molar-refractivity contribution is 7.16. The lowest BCUT2D eigenvalue weighted by Crippen LogP contribution is -2.24. The van der Waals surface area contributed by atoms with E-state index in [9.17, 15) is 9.59 Å². The molecule has 0 spiro atoms. The lowest BCUT2D eigenvalue weighted by molar-refractivity contribution is -0.158. The van der Waals surface area contributed by atoms with Crippen LogP contribution < -0.4 is 0 Å². The Hall–Kier alpha value is -3.06. The zero-order valence-electron chi connectivity index (χ0n) is 14.9. The summed E-state index contributed by atoms with van der Waals surface area (Å²) in [5, 5.41) is 0.649. The molecule has 3 rings (SSSR count). The predicted molar refractivity (Wildman–Crippen MR) is 101 cm³/mol. The van der Waals surface area contributed by atoms with Gasteiger partial charge >= 0.3 is 11.9 Å². The fourth-order valence-electron chi connectivity index (χ4n) is 2.33. The molecule has 0 N–H and O–H groups in total. The molecule has 0 aliphatic rings. The van der Waals surface area contributed by atoms with Crippen molar-refractivity contribution in [2.45, 2.75) is 26.1 Å². The average molecular weight is 382 g/mol. The van der Waals surface area contributed by atoms with E-state index in [-0.39, 0.29) is 6.10 Å². The van der Waals surface area contributed by atoms with Gasteiger partial charge in [-0.1, -0.05) is 30.3 Å². The minimum atomic E-state index is -1.13. The molecule has 1 aromatic carbocycles. The first kappa shape index (κ1) is 18.7. The largest absolute Gasteiger partial charge is 0.460 e. The van der Waals surface area contributed by atoms with Gasteiger partial charge in [-0.2, -0.15) is 0 Å². The Bertz CT molecular complexity index is 910. The van der Waals surface area contributed by atoms with Crippen LogP contribution in [0, 0.1) is 0 Å². The molecule has 3 aromatic rings. The highest BCUT2D eigenvalue weighted by Crippen LogP contribution is 2.27. The van der Waals surface area contributed by atoms with E-state index in [1.54, 1.807) is 56.6 Å². The summed E-state index contributed by atoms with van der Waals surface area (Å²) in [6.07, 6.45) is 3.32. The summed E-state index contributed by atoms with van der Waals surface area (Å²) < 4.78 is 10.7. The Morgan fingerprint density at radius 2 is 1.78 bits per heavy atom. The Morgan fingerprint density at radius 3 is 2.44 bits per heavy atom. The summed E-state index contributed by atoms with van der Waals surface area (Å²) in [5.74, 6) is -1.24. The second-order valence-electron chi connectivity index (χ2n) is 5.95. The van der Waals surface area contributed by atoms with Crippen LogP contribution in [0.4, 0.5) is 0 Å². The zero-order valence-corrected chi connectivity index (χ0v) is 15.7. The standard InChI is InChI=1S/C20H18N2O4S/c1-13(2)25-20(24)17(14-7-4-3-5-8-14)26-19(23)16-12-22-18(27-16)15-9-6-10-21-11-15/h3-13,17H,1-2H3. The molecule has 0 aliphatic carbocycles. The zero-order chi connectivity index (χ0) is 19.2. The van der Waals surface area contributed by atoms with Gasteiger partial charge in [0.25, 0.3) is 0 Å². The number of aromatic nitrogens is 2. The number of rotatable bonds is 6. The summed E-state index contributed by atoms with van der Waals surface area (Å²) in [4.78, 5) is 33.6. The molecule has 0 bridgehead atoms. The number of nitrogens with zero attached hydrogens (tertiary/aromatic N) is 2. The van der Waals surface area contributed by atoms with Crippen LogP contribution in [-0.2, 0) is 14.3 Å². The highest BCUT2D eigenvalue weighted by Gasteiger charge is 2.28. The van der Waals surface area contributed by atoms with E-state index < -0.39 is 18.0 Å². The van der Waals surface area contributed by atoms with Crippen molar-refractivity contribution < 1.29 is 19.1 Å². The lowest BCUT2D eigenvalue weighted by Gasteiger charge is -2.18. The van der Waals surface area contributed by atoms with E-state index in [4.69, 9.17) is 9.47 Å². The van der Waals surface area contributed by atoms with Gasteiger partial charge in [0.1, 0.15) is 9.88 Å². The smallest absolute Gasteiger partial charge is 0.352 e. The van der Waals surface area contributed by atoms with Gasteiger partial charge < -0.3 is 9.47 Å². The Morgan fingerprint density at radius 1 is 1.00 bits per heavy atom. The number of carbonyl (C=O) groups is 2. The van der Waals surface area contributed by atoms with Crippen LogP contribution in [-0.4, -0.2) is 28.0 Å². The van der Waals surface area contributed by atoms with Gasteiger partial charge in [0.2, 0.25) is 6.10 Å². The van der Waals surface area contributed by atoms with Crippen molar-refractivity contribution >= 4 is 23.3 Å². The van der Waals surface area contributed by atoms with Crippen molar-refractivity contribution in [2.75, 3.05) is 0 Å². The molecular weight excluding hydrogens is 364 g/mol. The third-order valence-electron chi connectivity index (χ3n) is 3.51. The number of hydrogen-bond acceptors (Lipinski definition) is 7. The van der Waals surface area contributed by atoms with E-state index in [1.807, 2.05) is 12.1 Å². The van der Waals surface area contributed by atoms with Gasteiger partial charge in [0.15, 0.2) is 0 Å². The number of thiazole rings is 1. The van der Waals surface area contributed by atoms with Crippen molar-refractivity contribution in [3.05, 3.63) is 71.5 Å². The molecule has 27 heavy (non-hydrogen) atoms. The van der Waals surface area contributed by atoms with Gasteiger partial charge in [-0.05, 0) is 26.0 Å². The van der Waals surface area contributed by atoms with Crippen LogP contribution in [0.1, 0.15) is 35.2 Å². The summed E-state index contributed by atoms with van der Waals surface area (Å²) in [7, 11) is 0. The summed E-state index contributed by atoms with van der Waals surface area (Å²) in [5.41, 5.74) is 1.36. The first-order valence-corrected chi connectivity index (χ1v) is 9.19. The summed E-state index contributed by atoms with van der Waals surface area (Å²) in [6.45, 7) is 3.48. The normalized spacial score (nSPS) is 11.8. The Kier molecular flexibility index (Phi) is 5.93. The Labute approximate surface area is 160 Å². The molecule has 0 amide bonds. The van der Waals surface area contributed by atoms with E-state index >= 15 is 0 Å². The van der Waals surface area contributed by atoms with Crippen LogP contribution >= 0.6 is 11.3 Å². The lowest BCUT2D eigenvalue weighted by atomic mass is 10.1. The SMILES string of the molecule is CC(C)OC(=O)C(OC(=O)c1cnc(-c2cccnc2)s1)c1ccccc1. The number of ether oxygens (including phenoxy) is 2. The van der Waals surface area contributed by atoms with Gasteiger partial charge in [0.05, 0.1) is 12.3 Å². The molecule has 0 fully saturated rings. The number of carbonyl (C=O) groups excluding carboxylic acids is 2. The predicted octanol–water partition coefficient (Wildman–Crippen LogP) is 4.05. The van der Waals surface area contributed by atoms with Crippen LogP contribution in [0.3, 0.4) is 0 Å². The third-order valence-corrected chi connectivity index (χ3v) is 4.53. The first-order chi connectivity index (χ1) is 13.0. The molecule has 0 saturated heterocycles. The molecule has 0 aliphatic heterocycles. The Balaban J connectivity index is 1.80. The molecule has 2 heterocycles. The molecule has 7 heteroatoms. The van der Waals surface area contributed by atoms with Crippen molar-refractivity contribution in [2.24, 2.45) is 0 Å². The fraction of sp³-hybridized carbons (Fsp3) is 0.200. The molecule has 0 radical (unpaired) electrons. The minimum absolute atomic E-state index is 0.298. The molecule has 0 saturated carbocycles. The van der Waals surface area contributed by atoms with Crippen molar-refractivity contribution in [1.82, 2.24) is 9.97 Å².